The minimum Gasteiger partial charge on any atom is -0.328 e. The summed E-state index contributed by atoms with van der Waals surface area (Å²) in [6, 6.07) is 10.4. The SMILES string of the molecule is Cc1cc(-c2ccc(CN3Cc4ncccc4C3=O)c(F)c2)cnc1Cl. The van der Waals surface area contributed by atoms with E-state index in [1.807, 2.05) is 19.1 Å². The Morgan fingerprint density at radius 2 is 2.04 bits per heavy atom. The van der Waals surface area contributed by atoms with Gasteiger partial charge in [0.05, 0.1) is 17.8 Å². The molecule has 3 heterocycles. The number of pyridine rings is 2. The number of rotatable bonds is 3. The molecule has 0 saturated heterocycles. The van der Waals surface area contributed by atoms with Gasteiger partial charge in [0.2, 0.25) is 0 Å². The number of aryl methyl sites for hydroxylation is 1. The number of hydrogen-bond donors (Lipinski definition) is 0. The van der Waals surface area contributed by atoms with Crippen molar-refractivity contribution in [2.75, 3.05) is 0 Å². The standard InChI is InChI=1S/C20H15ClFN3O/c1-12-7-15(9-24-19(12)21)13-4-5-14(17(22)8-13)10-25-11-18-16(20(25)26)3-2-6-23-18/h2-9H,10-11H2,1H3. The molecule has 0 saturated carbocycles. The molecule has 130 valence electrons. The van der Waals surface area contributed by atoms with E-state index in [-0.39, 0.29) is 18.3 Å². The van der Waals surface area contributed by atoms with Crippen LogP contribution in [0.25, 0.3) is 11.1 Å². The average molecular weight is 368 g/mol. The van der Waals surface area contributed by atoms with E-state index in [2.05, 4.69) is 9.97 Å². The Hall–Kier alpha value is -2.79. The van der Waals surface area contributed by atoms with Crippen molar-refractivity contribution in [3.8, 4) is 11.1 Å². The first kappa shape index (κ1) is 16.7. The number of amides is 1. The maximum Gasteiger partial charge on any atom is 0.256 e. The van der Waals surface area contributed by atoms with Crippen LogP contribution in [0.5, 0.6) is 0 Å². The van der Waals surface area contributed by atoms with Gasteiger partial charge in [0, 0.05) is 30.1 Å². The fourth-order valence-electron chi connectivity index (χ4n) is 3.09. The van der Waals surface area contributed by atoms with Crippen LogP contribution in [0.3, 0.4) is 0 Å². The van der Waals surface area contributed by atoms with Gasteiger partial charge in [-0.3, -0.25) is 9.78 Å². The van der Waals surface area contributed by atoms with Gasteiger partial charge >= 0.3 is 0 Å². The molecular formula is C20H15ClFN3O. The topological polar surface area (TPSA) is 46.1 Å². The molecule has 26 heavy (non-hydrogen) atoms. The van der Waals surface area contributed by atoms with Gasteiger partial charge in [0.15, 0.2) is 0 Å². The molecule has 2 aromatic heterocycles. The summed E-state index contributed by atoms with van der Waals surface area (Å²) >= 11 is 5.94. The van der Waals surface area contributed by atoms with Crippen LogP contribution in [-0.2, 0) is 13.1 Å². The number of benzene rings is 1. The Morgan fingerprint density at radius 1 is 1.19 bits per heavy atom. The molecule has 6 heteroatoms. The molecule has 4 rings (SSSR count). The Bertz CT molecular complexity index is 1020. The third-order valence-corrected chi connectivity index (χ3v) is 4.91. The number of nitrogens with zero attached hydrogens (tertiary/aromatic N) is 3. The lowest BCUT2D eigenvalue weighted by molar-refractivity contribution is 0.0765. The molecule has 0 atom stereocenters. The van der Waals surface area contributed by atoms with Gasteiger partial charge in [-0.05, 0) is 42.3 Å². The van der Waals surface area contributed by atoms with Gasteiger partial charge in [-0.15, -0.1) is 0 Å². The normalized spacial score (nSPS) is 13.2. The first-order valence-corrected chi connectivity index (χ1v) is 8.55. The number of fused-ring (bicyclic) bond motifs is 1. The summed E-state index contributed by atoms with van der Waals surface area (Å²) in [5.74, 6) is -0.471. The van der Waals surface area contributed by atoms with E-state index in [9.17, 15) is 9.18 Å². The zero-order chi connectivity index (χ0) is 18.3. The Kier molecular flexibility index (Phi) is 4.17. The lowest BCUT2D eigenvalue weighted by atomic mass is 10.0. The molecule has 0 unspecified atom stereocenters. The molecular weight excluding hydrogens is 353 g/mol. The maximum absolute atomic E-state index is 14.6. The van der Waals surface area contributed by atoms with Gasteiger partial charge < -0.3 is 4.90 Å². The quantitative estimate of drug-likeness (QED) is 0.644. The van der Waals surface area contributed by atoms with Gasteiger partial charge in [-0.25, -0.2) is 9.37 Å². The van der Waals surface area contributed by atoms with Crippen molar-refractivity contribution in [1.29, 1.82) is 0 Å². The van der Waals surface area contributed by atoms with E-state index in [0.29, 0.717) is 22.8 Å². The number of halogens is 2. The van der Waals surface area contributed by atoms with E-state index in [4.69, 9.17) is 11.6 Å². The Labute approximate surface area is 155 Å². The van der Waals surface area contributed by atoms with Gasteiger partial charge in [-0.2, -0.15) is 0 Å². The molecule has 0 radical (unpaired) electrons. The molecule has 0 fully saturated rings. The van der Waals surface area contributed by atoms with Crippen LogP contribution < -0.4 is 0 Å². The van der Waals surface area contributed by atoms with Crippen molar-refractivity contribution in [3.05, 3.63) is 82.1 Å². The van der Waals surface area contributed by atoms with Crippen LogP contribution in [0.1, 0.15) is 27.2 Å². The van der Waals surface area contributed by atoms with Crippen molar-refractivity contribution in [2.45, 2.75) is 20.0 Å². The second-order valence-electron chi connectivity index (χ2n) is 6.30. The van der Waals surface area contributed by atoms with Gasteiger partial charge in [0.25, 0.3) is 5.91 Å². The molecule has 4 nitrogen and oxygen atoms in total. The number of carbonyl (C=O) groups excluding carboxylic acids is 1. The summed E-state index contributed by atoms with van der Waals surface area (Å²) in [6.45, 7) is 2.46. The van der Waals surface area contributed by atoms with E-state index in [1.165, 1.54) is 6.07 Å². The van der Waals surface area contributed by atoms with Crippen LogP contribution in [0.4, 0.5) is 4.39 Å². The van der Waals surface area contributed by atoms with E-state index in [0.717, 1.165) is 22.4 Å². The smallest absolute Gasteiger partial charge is 0.256 e. The second kappa shape index (κ2) is 6.50. The number of carbonyl (C=O) groups is 1. The minimum atomic E-state index is -0.355. The van der Waals surface area contributed by atoms with Crippen molar-refractivity contribution in [2.24, 2.45) is 0 Å². The fourth-order valence-corrected chi connectivity index (χ4v) is 3.19. The Morgan fingerprint density at radius 3 is 2.77 bits per heavy atom. The molecule has 1 aromatic carbocycles. The predicted octanol–water partition coefficient (Wildman–Crippen LogP) is 4.40. The van der Waals surface area contributed by atoms with Crippen molar-refractivity contribution in [1.82, 2.24) is 14.9 Å². The zero-order valence-electron chi connectivity index (χ0n) is 14.0. The third kappa shape index (κ3) is 2.95. The van der Waals surface area contributed by atoms with Gasteiger partial charge in [0.1, 0.15) is 11.0 Å². The molecule has 1 aliphatic heterocycles. The first-order valence-electron chi connectivity index (χ1n) is 8.17. The first-order chi connectivity index (χ1) is 12.5. The highest BCUT2D eigenvalue weighted by Crippen LogP contribution is 2.27. The molecule has 1 amide bonds. The zero-order valence-corrected chi connectivity index (χ0v) is 14.8. The van der Waals surface area contributed by atoms with Crippen molar-refractivity contribution >= 4 is 17.5 Å². The van der Waals surface area contributed by atoms with Crippen LogP contribution >= 0.6 is 11.6 Å². The summed E-state index contributed by atoms with van der Waals surface area (Å²) in [5.41, 5.74) is 4.14. The molecule has 0 bridgehead atoms. The molecule has 0 spiro atoms. The highest BCUT2D eigenvalue weighted by Gasteiger charge is 2.28. The maximum atomic E-state index is 14.6. The van der Waals surface area contributed by atoms with Crippen LogP contribution in [-0.4, -0.2) is 20.8 Å². The number of aromatic nitrogens is 2. The molecule has 3 aromatic rings. The van der Waals surface area contributed by atoms with E-state index >= 15 is 0 Å². The lowest BCUT2D eigenvalue weighted by Crippen LogP contribution is -2.23. The average Bonchev–Trinajstić information content (AvgIpc) is 2.95. The van der Waals surface area contributed by atoms with Crippen LogP contribution in [0.2, 0.25) is 5.15 Å². The predicted molar refractivity (Wildman–Crippen MR) is 97.2 cm³/mol. The summed E-state index contributed by atoms with van der Waals surface area (Å²) < 4.78 is 14.6. The Balaban J connectivity index is 1.58. The largest absolute Gasteiger partial charge is 0.328 e. The molecule has 1 aliphatic rings. The lowest BCUT2D eigenvalue weighted by Gasteiger charge is -2.16. The van der Waals surface area contributed by atoms with Gasteiger partial charge in [-0.1, -0.05) is 23.7 Å². The van der Waals surface area contributed by atoms with E-state index in [1.54, 1.807) is 35.5 Å². The van der Waals surface area contributed by atoms with Crippen molar-refractivity contribution in [3.63, 3.8) is 0 Å². The fraction of sp³-hybridized carbons (Fsp3) is 0.150. The summed E-state index contributed by atoms with van der Waals surface area (Å²) in [5, 5.41) is 0.437. The number of hydrogen-bond acceptors (Lipinski definition) is 3. The highest BCUT2D eigenvalue weighted by molar-refractivity contribution is 6.30. The van der Waals surface area contributed by atoms with Crippen LogP contribution in [0.15, 0.2) is 48.8 Å². The molecule has 0 N–H and O–H groups in total. The third-order valence-electron chi connectivity index (χ3n) is 4.51. The highest BCUT2D eigenvalue weighted by atomic mass is 35.5. The monoisotopic (exact) mass is 367 g/mol. The minimum absolute atomic E-state index is 0.117. The van der Waals surface area contributed by atoms with Crippen molar-refractivity contribution < 1.29 is 9.18 Å². The van der Waals surface area contributed by atoms with E-state index < -0.39 is 0 Å². The van der Waals surface area contributed by atoms with Crippen LogP contribution in [0, 0.1) is 12.7 Å². The summed E-state index contributed by atoms with van der Waals surface area (Å²) in [4.78, 5) is 22.3. The summed E-state index contributed by atoms with van der Waals surface area (Å²) in [6.07, 6.45) is 3.28. The summed E-state index contributed by atoms with van der Waals surface area (Å²) in [7, 11) is 0. The molecule has 0 aliphatic carbocycles. The second-order valence-corrected chi connectivity index (χ2v) is 6.65.